The zero-order valence-electron chi connectivity index (χ0n) is 14.9. The molecule has 22 heavy (non-hydrogen) atoms. The van der Waals surface area contributed by atoms with Gasteiger partial charge in [0.2, 0.25) is 0 Å². The summed E-state index contributed by atoms with van der Waals surface area (Å²) in [4.78, 5) is 0. The van der Waals surface area contributed by atoms with Crippen LogP contribution in [-0.4, -0.2) is 15.0 Å². The zero-order chi connectivity index (χ0) is 16.9. The lowest BCUT2D eigenvalue weighted by Gasteiger charge is -2.20. The Morgan fingerprint density at radius 1 is 1.23 bits per heavy atom. The highest BCUT2D eigenvalue weighted by Crippen LogP contribution is 2.23. The van der Waals surface area contributed by atoms with E-state index in [1.165, 1.54) is 16.7 Å². The van der Waals surface area contributed by atoms with Gasteiger partial charge in [-0.05, 0) is 59.1 Å². The molecule has 0 aromatic heterocycles. The maximum Gasteiger partial charge on any atom is 0.144 e. The SMILES string of the molecule is CC(C)=C/C(C[C@H](C)c1ccc(C)cc1)=N\[S@@+]([O-])C(C)(C)C. The van der Waals surface area contributed by atoms with Crippen LogP contribution in [0.4, 0.5) is 0 Å². The van der Waals surface area contributed by atoms with Gasteiger partial charge in [0.25, 0.3) is 0 Å². The highest BCUT2D eigenvalue weighted by Gasteiger charge is 2.27. The van der Waals surface area contributed by atoms with Gasteiger partial charge in [0.15, 0.2) is 0 Å². The second-order valence-electron chi connectivity index (χ2n) is 7.18. The number of nitrogens with zero attached hydrogens (tertiary/aromatic N) is 1. The van der Waals surface area contributed by atoms with E-state index in [0.29, 0.717) is 5.92 Å². The van der Waals surface area contributed by atoms with Crippen LogP contribution in [-0.2, 0) is 11.4 Å². The van der Waals surface area contributed by atoms with Gasteiger partial charge in [-0.1, -0.05) is 46.7 Å². The first-order valence-electron chi connectivity index (χ1n) is 7.80. The maximum atomic E-state index is 12.3. The average molecular weight is 320 g/mol. The van der Waals surface area contributed by atoms with Gasteiger partial charge in [0.05, 0.1) is 5.71 Å². The summed E-state index contributed by atoms with van der Waals surface area (Å²) >= 11 is -1.22. The van der Waals surface area contributed by atoms with Crippen molar-refractivity contribution in [3.63, 3.8) is 0 Å². The van der Waals surface area contributed by atoms with Gasteiger partial charge in [-0.25, -0.2) is 0 Å². The van der Waals surface area contributed by atoms with Gasteiger partial charge in [-0.2, -0.15) is 0 Å². The van der Waals surface area contributed by atoms with Crippen molar-refractivity contribution < 1.29 is 4.55 Å². The van der Waals surface area contributed by atoms with Crippen LogP contribution in [0.25, 0.3) is 0 Å². The highest BCUT2D eigenvalue weighted by molar-refractivity contribution is 7.91. The third kappa shape index (κ3) is 6.37. The predicted molar refractivity (Wildman–Crippen MR) is 99.0 cm³/mol. The first-order chi connectivity index (χ1) is 10.1. The fourth-order valence-electron chi connectivity index (χ4n) is 2.03. The monoisotopic (exact) mass is 319 g/mol. The molecule has 0 aliphatic rings. The minimum Gasteiger partial charge on any atom is -0.591 e. The first-order valence-corrected chi connectivity index (χ1v) is 8.91. The lowest BCUT2D eigenvalue weighted by atomic mass is 9.94. The van der Waals surface area contributed by atoms with E-state index in [1.807, 2.05) is 40.7 Å². The summed E-state index contributed by atoms with van der Waals surface area (Å²) in [7, 11) is 0. The lowest BCUT2D eigenvalue weighted by molar-refractivity contribution is 0.561. The van der Waals surface area contributed by atoms with E-state index >= 15 is 0 Å². The molecule has 2 nitrogen and oxygen atoms in total. The fraction of sp³-hybridized carbons (Fsp3) is 0.526. The van der Waals surface area contributed by atoms with Crippen LogP contribution in [0.15, 0.2) is 40.3 Å². The van der Waals surface area contributed by atoms with E-state index in [9.17, 15) is 4.55 Å². The molecule has 3 heteroatoms. The molecule has 0 bridgehead atoms. The standard InChI is InChI=1S/C19H29NOS/c1-14(2)12-18(20-22(21)19(5,6)7)13-16(4)17-10-8-15(3)9-11-17/h8-12,16H,13H2,1-7H3/b20-18+/t16-,22-/m0/s1. The molecular weight excluding hydrogens is 290 g/mol. The molecule has 0 saturated heterocycles. The highest BCUT2D eigenvalue weighted by atomic mass is 32.2. The van der Waals surface area contributed by atoms with Gasteiger partial charge in [0.1, 0.15) is 16.1 Å². The van der Waals surface area contributed by atoms with Crippen LogP contribution in [0.2, 0.25) is 0 Å². The van der Waals surface area contributed by atoms with E-state index in [0.717, 1.165) is 12.1 Å². The molecule has 1 rings (SSSR count). The molecule has 0 radical (unpaired) electrons. The summed E-state index contributed by atoms with van der Waals surface area (Å²) in [6, 6.07) is 8.61. The van der Waals surface area contributed by atoms with Gasteiger partial charge in [-0.15, -0.1) is 0 Å². The lowest BCUT2D eigenvalue weighted by Crippen LogP contribution is -2.27. The quantitative estimate of drug-likeness (QED) is 0.531. The predicted octanol–water partition coefficient (Wildman–Crippen LogP) is 5.36. The van der Waals surface area contributed by atoms with Crippen LogP contribution >= 0.6 is 0 Å². The molecule has 0 amide bonds. The Labute approximate surface area is 139 Å². The normalized spacial score (nSPS) is 15.4. The van der Waals surface area contributed by atoms with Crippen molar-refractivity contribution in [1.29, 1.82) is 0 Å². The molecule has 0 unspecified atom stereocenters. The number of benzene rings is 1. The summed E-state index contributed by atoms with van der Waals surface area (Å²) in [5.74, 6) is 0.354. The Morgan fingerprint density at radius 3 is 2.23 bits per heavy atom. The summed E-state index contributed by atoms with van der Waals surface area (Å²) in [6.07, 6.45) is 2.85. The van der Waals surface area contributed by atoms with E-state index < -0.39 is 11.4 Å². The Morgan fingerprint density at radius 2 is 1.77 bits per heavy atom. The van der Waals surface area contributed by atoms with Crippen molar-refractivity contribution in [3.05, 3.63) is 47.0 Å². The van der Waals surface area contributed by atoms with E-state index in [4.69, 9.17) is 0 Å². The van der Waals surface area contributed by atoms with Crippen LogP contribution in [0.5, 0.6) is 0 Å². The van der Waals surface area contributed by atoms with Crippen molar-refractivity contribution >= 4 is 17.1 Å². The number of hydrogen-bond donors (Lipinski definition) is 0. The van der Waals surface area contributed by atoms with Crippen LogP contribution in [0.1, 0.15) is 65.0 Å². The maximum absolute atomic E-state index is 12.3. The fourth-order valence-corrected chi connectivity index (χ4v) is 2.64. The summed E-state index contributed by atoms with van der Waals surface area (Å²) < 4.78 is 16.5. The molecular formula is C19H29NOS. The number of rotatable bonds is 5. The summed E-state index contributed by atoms with van der Waals surface area (Å²) in [5, 5.41) is 0. The minimum atomic E-state index is -1.22. The largest absolute Gasteiger partial charge is 0.591 e. The van der Waals surface area contributed by atoms with Gasteiger partial charge in [0, 0.05) is 6.42 Å². The van der Waals surface area contributed by atoms with Gasteiger partial charge in [-0.3, -0.25) is 0 Å². The summed E-state index contributed by atoms with van der Waals surface area (Å²) in [5.41, 5.74) is 4.66. The summed E-state index contributed by atoms with van der Waals surface area (Å²) in [6.45, 7) is 14.2. The average Bonchev–Trinajstić information content (AvgIpc) is 2.37. The molecule has 122 valence electrons. The first kappa shape index (κ1) is 19.0. The number of allylic oxidation sites excluding steroid dienone is 2. The molecule has 0 spiro atoms. The zero-order valence-corrected chi connectivity index (χ0v) is 15.8. The van der Waals surface area contributed by atoms with E-state index in [-0.39, 0.29) is 4.75 Å². The molecule has 0 saturated carbocycles. The van der Waals surface area contributed by atoms with Crippen molar-refractivity contribution in [1.82, 2.24) is 0 Å². The van der Waals surface area contributed by atoms with Crippen molar-refractivity contribution in [2.24, 2.45) is 4.40 Å². The molecule has 0 fully saturated rings. The molecule has 2 atom stereocenters. The van der Waals surface area contributed by atoms with E-state index in [2.05, 4.69) is 42.5 Å². The van der Waals surface area contributed by atoms with Crippen molar-refractivity contribution in [2.75, 3.05) is 0 Å². The second kappa shape index (κ2) is 7.98. The van der Waals surface area contributed by atoms with Gasteiger partial charge >= 0.3 is 0 Å². The molecule has 0 aliphatic carbocycles. The molecule has 1 aromatic rings. The second-order valence-corrected chi connectivity index (χ2v) is 9.09. The van der Waals surface area contributed by atoms with E-state index in [1.54, 1.807) is 0 Å². The Bertz CT molecular complexity index is 534. The molecule has 0 heterocycles. The molecule has 1 aromatic carbocycles. The minimum absolute atomic E-state index is 0.326. The van der Waals surface area contributed by atoms with Crippen LogP contribution in [0.3, 0.4) is 0 Å². The van der Waals surface area contributed by atoms with Crippen molar-refractivity contribution in [2.45, 2.75) is 65.6 Å². The Kier molecular flexibility index (Phi) is 6.89. The third-order valence-corrected chi connectivity index (χ3v) is 4.79. The van der Waals surface area contributed by atoms with Crippen LogP contribution < -0.4 is 0 Å². The van der Waals surface area contributed by atoms with Crippen molar-refractivity contribution in [3.8, 4) is 0 Å². The Balaban J connectivity index is 2.96. The number of aryl methyl sites for hydroxylation is 1. The molecule has 0 aliphatic heterocycles. The Hall–Kier alpha value is -1.06. The topological polar surface area (TPSA) is 35.4 Å². The smallest absolute Gasteiger partial charge is 0.144 e. The third-order valence-electron chi connectivity index (χ3n) is 3.34. The number of hydrogen-bond acceptors (Lipinski definition) is 2. The van der Waals surface area contributed by atoms with Crippen LogP contribution in [0, 0.1) is 6.92 Å². The van der Waals surface area contributed by atoms with Gasteiger partial charge < -0.3 is 4.55 Å². The molecule has 0 N–H and O–H groups in total.